The van der Waals surface area contributed by atoms with Crippen LogP contribution in [0, 0.1) is 0 Å². The van der Waals surface area contributed by atoms with Gasteiger partial charge in [-0.2, -0.15) is 0 Å². The van der Waals surface area contributed by atoms with Crippen molar-refractivity contribution >= 4 is 16.7 Å². The van der Waals surface area contributed by atoms with E-state index in [1.807, 2.05) is 84.9 Å². The van der Waals surface area contributed by atoms with Crippen molar-refractivity contribution < 1.29 is 9.53 Å². The maximum Gasteiger partial charge on any atom is 0.263 e. The SMILES string of the molecule is CC[C@H](NC(=O)c1c(CN2CCC(OC)CC2)n(-c2ccccc2)c(=O)c2ccccc12)c1ccccc1. The van der Waals surface area contributed by atoms with Gasteiger partial charge < -0.3 is 10.1 Å². The largest absolute Gasteiger partial charge is 0.381 e. The Kier molecular flexibility index (Phi) is 8.01. The molecule has 6 nitrogen and oxygen atoms in total. The first-order valence-corrected chi connectivity index (χ1v) is 13.4. The molecule has 1 saturated heterocycles. The first-order chi connectivity index (χ1) is 18.6. The van der Waals surface area contributed by atoms with E-state index in [2.05, 4.69) is 17.1 Å². The number of aromatic nitrogens is 1. The van der Waals surface area contributed by atoms with Crippen LogP contribution in [0.4, 0.5) is 0 Å². The molecule has 0 saturated carbocycles. The molecule has 1 fully saturated rings. The van der Waals surface area contributed by atoms with Gasteiger partial charge in [0.15, 0.2) is 0 Å². The molecule has 4 aromatic rings. The summed E-state index contributed by atoms with van der Waals surface area (Å²) in [4.78, 5) is 30.5. The van der Waals surface area contributed by atoms with Crippen LogP contribution < -0.4 is 10.9 Å². The minimum Gasteiger partial charge on any atom is -0.381 e. The molecule has 1 aliphatic rings. The summed E-state index contributed by atoms with van der Waals surface area (Å²) in [7, 11) is 1.76. The number of nitrogens with zero attached hydrogens (tertiary/aromatic N) is 2. The summed E-state index contributed by atoms with van der Waals surface area (Å²) in [5.41, 5.74) is 2.99. The number of amides is 1. The highest BCUT2D eigenvalue weighted by atomic mass is 16.5. The second-order valence-electron chi connectivity index (χ2n) is 9.90. The lowest BCUT2D eigenvalue weighted by Gasteiger charge is -2.32. The van der Waals surface area contributed by atoms with Crippen molar-refractivity contribution in [2.45, 2.75) is 44.9 Å². The van der Waals surface area contributed by atoms with Crippen molar-refractivity contribution in [1.82, 2.24) is 14.8 Å². The lowest BCUT2D eigenvalue weighted by molar-refractivity contribution is 0.0382. The van der Waals surface area contributed by atoms with Crippen LogP contribution in [0.1, 0.15) is 53.8 Å². The van der Waals surface area contributed by atoms with E-state index in [-0.39, 0.29) is 23.6 Å². The fourth-order valence-electron chi connectivity index (χ4n) is 5.50. The Bertz CT molecular complexity index is 1440. The molecule has 1 amide bonds. The Morgan fingerprint density at radius 2 is 1.53 bits per heavy atom. The second-order valence-corrected chi connectivity index (χ2v) is 9.90. The summed E-state index contributed by atoms with van der Waals surface area (Å²) in [6.07, 6.45) is 2.85. The zero-order valence-corrected chi connectivity index (χ0v) is 22.1. The highest BCUT2D eigenvalue weighted by Gasteiger charge is 2.27. The number of carbonyl (C=O) groups is 1. The third kappa shape index (κ3) is 5.28. The van der Waals surface area contributed by atoms with Crippen molar-refractivity contribution in [1.29, 1.82) is 0 Å². The molecule has 196 valence electrons. The maximum absolute atomic E-state index is 14.2. The summed E-state index contributed by atoms with van der Waals surface area (Å²) in [5, 5.41) is 4.52. The Morgan fingerprint density at radius 3 is 2.16 bits per heavy atom. The number of piperidine rings is 1. The number of benzene rings is 3. The molecule has 0 unspecified atom stereocenters. The van der Waals surface area contributed by atoms with Crippen LogP contribution in [0.5, 0.6) is 0 Å². The second kappa shape index (κ2) is 11.8. The first-order valence-electron chi connectivity index (χ1n) is 13.4. The van der Waals surface area contributed by atoms with Crippen molar-refractivity contribution in [3.8, 4) is 5.69 Å². The molecule has 1 atom stereocenters. The van der Waals surface area contributed by atoms with Crippen LogP contribution in [0.25, 0.3) is 16.5 Å². The summed E-state index contributed by atoms with van der Waals surface area (Å²) in [6.45, 7) is 4.26. The van der Waals surface area contributed by atoms with E-state index < -0.39 is 0 Å². The van der Waals surface area contributed by atoms with Gasteiger partial charge in [-0.25, -0.2) is 0 Å². The van der Waals surface area contributed by atoms with Crippen molar-refractivity contribution in [3.63, 3.8) is 0 Å². The number of hydrogen-bond donors (Lipinski definition) is 1. The molecule has 3 aromatic carbocycles. The lowest BCUT2D eigenvalue weighted by Crippen LogP contribution is -2.39. The molecule has 38 heavy (non-hydrogen) atoms. The number of hydrogen-bond acceptors (Lipinski definition) is 4. The standard InChI is InChI=1S/C32H35N3O3/c1-3-28(23-12-6-4-7-13-23)33-31(36)30-26-16-10-11-17-27(26)32(37)35(24-14-8-5-9-15-24)29(30)22-34-20-18-25(38-2)19-21-34/h4-17,25,28H,3,18-22H2,1-2H3,(H,33,36)/t28-/m0/s1. The third-order valence-corrected chi connectivity index (χ3v) is 7.59. The van der Waals surface area contributed by atoms with E-state index in [9.17, 15) is 9.59 Å². The number of fused-ring (bicyclic) bond motifs is 1. The van der Waals surface area contributed by atoms with E-state index in [4.69, 9.17) is 4.74 Å². The number of methoxy groups -OCH3 is 1. The van der Waals surface area contributed by atoms with Gasteiger partial charge in [0.05, 0.1) is 23.4 Å². The number of nitrogens with one attached hydrogen (secondary N) is 1. The van der Waals surface area contributed by atoms with Crippen LogP contribution in [-0.4, -0.2) is 41.7 Å². The fourth-order valence-corrected chi connectivity index (χ4v) is 5.50. The van der Waals surface area contributed by atoms with Crippen molar-refractivity contribution in [2.75, 3.05) is 20.2 Å². The minimum absolute atomic E-state index is 0.111. The van der Waals surface area contributed by atoms with Crippen molar-refractivity contribution in [3.05, 3.63) is 112 Å². The van der Waals surface area contributed by atoms with Gasteiger partial charge in [-0.05, 0) is 43.0 Å². The summed E-state index contributed by atoms with van der Waals surface area (Å²) < 4.78 is 7.31. The van der Waals surface area contributed by atoms with Gasteiger partial charge in [-0.1, -0.05) is 73.7 Å². The molecular formula is C32H35N3O3. The number of likely N-dealkylation sites (tertiary alicyclic amines) is 1. The monoisotopic (exact) mass is 509 g/mol. The van der Waals surface area contributed by atoms with Gasteiger partial charge in [0.2, 0.25) is 0 Å². The number of ether oxygens (including phenoxy) is 1. The van der Waals surface area contributed by atoms with E-state index in [1.165, 1.54) is 0 Å². The Labute approximate surface area is 223 Å². The molecule has 0 aliphatic carbocycles. The molecule has 1 aliphatic heterocycles. The summed E-state index contributed by atoms with van der Waals surface area (Å²) in [5.74, 6) is -0.164. The highest BCUT2D eigenvalue weighted by molar-refractivity contribution is 6.08. The Morgan fingerprint density at radius 1 is 0.921 bits per heavy atom. The average molecular weight is 510 g/mol. The number of rotatable bonds is 8. The lowest BCUT2D eigenvalue weighted by atomic mass is 9.99. The molecule has 6 heteroatoms. The predicted octanol–water partition coefficient (Wildman–Crippen LogP) is 5.48. The van der Waals surface area contributed by atoms with E-state index >= 15 is 0 Å². The van der Waals surface area contributed by atoms with Crippen LogP contribution >= 0.6 is 0 Å². The summed E-state index contributed by atoms with van der Waals surface area (Å²) in [6, 6.07) is 27.0. The van der Waals surface area contributed by atoms with Gasteiger partial charge in [0.1, 0.15) is 0 Å². The first kappa shape index (κ1) is 25.9. The van der Waals surface area contributed by atoms with Crippen molar-refractivity contribution in [2.24, 2.45) is 0 Å². The summed E-state index contributed by atoms with van der Waals surface area (Å²) >= 11 is 0. The number of pyridine rings is 1. The average Bonchev–Trinajstić information content (AvgIpc) is 2.97. The number of carbonyl (C=O) groups excluding carboxylic acids is 1. The predicted molar refractivity (Wildman–Crippen MR) is 152 cm³/mol. The van der Waals surface area contributed by atoms with Gasteiger partial charge in [0.25, 0.3) is 11.5 Å². The normalized spacial score (nSPS) is 15.4. The van der Waals surface area contributed by atoms with Crippen LogP contribution in [0.15, 0.2) is 89.7 Å². The maximum atomic E-state index is 14.2. The molecule has 0 bridgehead atoms. The molecule has 0 radical (unpaired) electrons. The quantitative estimate of drug-likeness (QED) is 0.342. The van der Waals surface area contributed by atoms with Gasteiger partial charge >= 0.3 is 0 Å². The van der Waals surface area contributed by atoms with E-state index in [1.54, 1.807) is 11.7 Å². The van der Waals surface area contributed by atoms with Crippen LogP contribution in [0.2, 0.25) is 0 Å². The van der Waals surface area contributed by atoms with Gasteiger partial charge in [0, 0.05) is 43.2 Å². The number of para-hydroxylation sites is 1. The third-order valence-electron chi connectivity index (χ3n) is 7.59. The fraction of sp³-hybridized carbons (Fsp3) is 0.312. The van der Waals surface area contributed by atoms with Gasteiger partial charge in [-0.3, -0.25) is 19.1 Å². The van der Waals surface area contributed by atoms with Crippen LogP contribution in [0.3, 0.4) is 0 Å². The van der Waals surface area contributed by atoms with Gasteiger partial charge in [-0.15, -0.1) is 0 Å². The molecular weight excluding hydrogens is 474 g/mol. The van der Waals surface area contributed by atoms with Crippen LogP contribution in [-0.2, 0) is 11.3 Å². The Balaban J connectivity index is 1.66. The zero-order chi connectivity index (χ0) is 26.5. The van der Waals surface area contributed by atoms with E-state index in [0.717, 1.165) is 49.3 Å². The topological polar surface area (TPSA) is 63.6 Å². The highest BCUT2D eigenvalue weighted by Crippen LogP contribution is 2.27. The Hall–Kier alpha value is -3.74. The molecule has 0 spiro atoms. The molecule has 1 aromatic heterocycles. The smallest absolute Gasteiger partial charge is 0.263 e. The minimum atomic E-state index is -0.164. The molecule has 2 heterocycles. The molecule has 5 rings (SSSR count). The zero-order valence-electron chi connectivity index (χ0n) is 22.1. The molecule has 1 N–H and O–H groups in total. The van der Waals surface area contributed by atoms with E-state index in [0.29, 0.717) is 22.9 Å².